The molecule has 2 aromatic rings. The van der Waals surface area contributed by atoms with Crippen LogP contribution in [0.1, 0.15) is 12.0 Å². The van der Waals surface area contributed by atoms with Crippen molar-refractivity contribution in [2.45, 2.75) is 12.8 Å². The molecule has 22 heavy (non-hydrogen) atoms. The first-order valence-electron chi connectivity index (χ1n) is 7.18. The van der Waals surface area contributed by atoms with Gasteiger partial charge in [-0.2, -0.15) is 0 Å². The van der Waals surface area contributed by atoms with E-state index in [-0.39, 0.29) is 0 Å². The van der Waals surface area contributed by atoms with Crippen molar-refractivity contribution in [3.05, 3.63) is 52.5 Å². The van der Waals surface area contributed by atoms with Crippen LogP contribution in [-0.4, -0.2) is 18.8 Å². The summed E-state index contributed by atoms with van der Waals surface area (Å²) in [6.07, 6.45) is 2.15. The van der Waals surface area contributed by atoms with E-state index in [0.29, 0.717) is 0 Å². The normalized spacial score (nSPS) is 13.5. The number of hydrogen-bond acceptors (Lipinski definition) is 2. The highest BCUT2D eigenvalue weighted by molar-refractivity contribution is 9.10. The monoisotopic (exact) mass is 376 g/mol. The molecule has 1 aliphatic rings. The summed E-state index contributed by atoms with van der Waals surface area (Å²) < 4.78 is 6.37. The van der Waals surface area contributed by atoms with E-state index < -0.39 is 0 Å². The van der Waals surface area contributed by atoms with E-state index in [0.717, 1.165) is 40.4 Å². The largest absolute Gasteiger partial charge is 0.497 e. The van der Waals surface area contributed by atoms with Gasteiger partial charge in [-0.3, -0.25) is 0 Å². The van der Waals surface area contributed by atoms with Gasteiger partial charge in [0.15, 0.2) is 5.11 Å². The fourth-order valence-electron chi connectivity index (χ4n) is 2.64. The number of halogens is 1. The maximum atomic E-state index is 5.60. The highest BCUT2D eigenvalue weighted by Crippen LogP contribution is 2.31. The van der Waals surface area contributed by atoms with Gasteiger partial charge in [-0.05, 0) is 73.1 Å². The zero-order valence-corrected chi connectivity index (χ0v) is 14.7. The second-order valence-electron chi connectivity index (χ2n) is 5.19. The first-order valence-corrected chi connectivity index (χ1v) is 8.38. The van der Waals surface area contributed by atoms with E-state index >= 15 is 0 Å². The van der Waals surface area contributed by atoms with Gasteiger partial charge in [-0.25, -0.2) is 0 Å². The van der Waals surface area contributed by atoms with Gasteiger partial charge in [0.1, 0.15) is 5.75 Å². The predicted octanol–water partition coefficient (Wildman–Crippen LogP) is 4.61. The van der Waals surface area contributed by atoms with E-state index in [1.807, 2.05) is 30.3 Å². The fourth-order valence-corrected chi connectivity index (χ4v) is 3.21. The molecule has 1 aliphatic heterocycles. The lowest BCUT2D eigenvalue weighted by Crippen LogP contribution is -2.38. The van der Waals surface area contributed by atoms with Crippen LogP contribution in [0.5, 0.6) is 5.75 Å². The lowest BCUT2D eigenvalue weighted by Gasteiger charge is -2.32. The molecule has 5 heteroatoms. The molecule has 0 aromatic heterocycles. The summed E-state index contributed by atoms with van der Waals surface area (Å²) in [6, 6.07) is 14.2. The number of ether oxygens (including phenoxy) is 1. The molecule has 0 bridgehead atoms. The van der Waals surface area contributed by atoms with Crippen molar-refractivity contribution < 1.29 is 4.74 Å². The fraction of sp³-hybridized carbons (Fsp3) is 0.235. The number of hydrogen-bond donors (Lipinski definition) is 1. The van der Waals surface area contributed by atoms with Gasteiger partial charge in [0.05, 0.1) is 7.11 Å². The van der Waals surface area contributed by atoms with Crippen molar-refractivity contribution in [1.29, 1.82) is 0 Å². The summed E-state index contributed by atoms with van der Waals surface area (Å²) in [5.41, 5.74) is 3.45. The highest BCUT2D eigenvalue weighted by Gasteiger charge is 2.20. The topological polar surface area (TPSA) is 24.5 Å². The Labute approximate surface area is 144 Å². The minimum Gasteiger partial charge on any atom is -0.497 e. The third-order valence-corrected chi connectivity index (χ3v) is 4.60. The summed E-state index contributed by atoms with van der Waals surface area (Å²) in [6.45, 7) is 0.932. The molecule has 3 nitrogen and oxygen atoms in total. The van der Waals surface area contributed by atoms with Gasteiger partial charge in [-0.15, -0.1) is 0 Å². The molecule has 0 fully saturated rings. The van der Waals surface area contributed by atoms with Crippen molar-refractivity contribution in [3.8, 4) is 5.75 Å². The van der Waals surface area contributed by atoms with Gasteiger partial charge < -0.3 is 15.0 Å². The SMILES string of the molecule is COc1ccc2c(c1)CCCN2C(=S)Nc1ccc(Br)cc1. The summed E-state index contributed by atoms with van der Waals surface area (Å²) in [5.74, 6) is 0.896. The molecule has 2 aromatic carbocycles. The van der Waals surface area contributed by atoms with Crippen LogP contribution in [0.15, 0.2) is 46.9 Å². The van der Waals surface area contributed by atoms with Crippen LogP contribution in [0.25, 0.3) is 0 Å². The first-order chi connectivity index (χ1) is 10.7. The third-order valence-electron chi connectivity index (χ3n) is 3.75. The van der Waals surface area contributed by atoms with E-state index in [9.17, 15) is 0 Å². The molecule has 0 saturated heterocycles. The third kappa shape index (κ3) is 3.25. The van der Waals surface area contributed by atoms with Gasteiger partial charge >= 0.3 is 0 Å². The number of anilines is 2. The molecule has 0 amide bonds. The standard InChI is InChI=1S/C17H17BrN2OS/c1-21-15-8-9-16-12(11-15)3-2-10-20(16)17(22)19-14-6-4-13(18)5-7-14/h4-9,11H,2-3,10H2,1H3,(H,19,22). The van der Waals surface area contributed by atoms with E-state index in [4.69, 9.17) is 17.0 Å². The number of fused-ring (bicyclic) bond motifs is 1. The minimum atomic E-state index is 0.730. The number of thiocarbonyl (C=S) groups is 1. The summed E-state index contributed by atoms with van der Waals surface area (Å²) in [4.78, 5) is 2.16. The molecule has 0 atom stereocenters. The zero-order chi connectivity index (χ0) is 15.5. The Morgan fingerprint density at radius 3 is 2.73 bits per heavy atom. The summed E-state index contributed by atoms with van der Waals surface area (Å²) in [5, 5.41) is 4.04. The predicted molar refractivity (Wildman–Crippen MR) is 99.0 cm³/mol. The number of methoxy groups -OCH3 is 1. The van der Waals surface area contributed by atoms with Crippen LogP contribution in [0.3, 0.4) is 0 Å². The average Bonchev–Trinajstić information content (AvgIpc) is 2.55. The zero-order valence-electron chi connectivity index (χ0n) is 12.3. The minimum absolute atomic E-state index is 0.730. The molecule has 1 N–H and O–H groups in total. The summed E-state index contributed by atoms with van der Waals surface area (Å²) in [7, 11) is 1.70. The van der Waals surface area contributed by atoms with Crippen molar-refractivity contribution in [3.63, 3.8) is 0 Å². The Hall–Kier alpha value is -1.59. The van der Waals surface area contributed by atoms with E-state index in [1.165, 1.54) is 11.3 Å². The van der Waals surface area contributed by atoms with Crippen LogP contribution in [-0.2, 0) is 6.42 Å². The number of nitrogens with one attached hydrogen (secondary N) is 1. The Kier molecular flexibility index (Phi) is 4.64. The van der Waals surface area contributed by atoms with Gasteiger partial charge in [-0.1, -0.05) is 15.9 Å². The quantitative estimate of drug-likeness (QED) is 0.773. The number of benzene rings is 2. The van der Waals surface area contributed by atoms with Crippen LogP contribution in [0, 0.1) is 0 Å². The molecule has 0 unspecified atom stereocenters. The highest BCUT2D eigenvalue weighted by atomic mass is 79.9. The van der Waals surface area contributed by atoms with E-state index in [1.54, 1.807) is 7.11 Å². The average molecular weight is 377 g/mol. The lowest BCUT2D eigenvalue weighted by atomic mass is 10.0. The van der Waals surface area contributed by atoms with Gasteiger partial charge in [0, 0.05) is 22.4 Å². The van der Waals surface area contributed by atoms with Gasteiger partial charge in [0.25, 0.3) is 0 Å². The molecule has 3 rings (SSSR count). The molecule has 0 radical (unpaired) electrons. The van der Waals surface area contributed by atoms with Crippen LogP contribution in [0.4, 0.5) is 11.4 Å². The van der Waals surface area contributed by atoms with Crippen molar-refractivity contribution >= 4 is 44.6 Å². The van der Waals surface area contributed by atoms with Crippen LogP contribution >= 0.6 is 28.1 Å². The Morgan fingerprint density at radius 2 is 2.00 bits per heavy atom. The van der Waals surface area contributed by atoms with Crippen molar-refractivity contribution in [2.75, 3.05) is 23.9 Å². The van der Waals surface area contributed by atoms with E-state index in [2.05, 4.69) is 38.3 Å². The Balaban J connectivity index is 1.81. The molecule has 0 saturated carbocycles. The van der Waals surface area contributed by atoms with Crippen molar-refractivity contribution in [2.24, 2.45) is 0 Å². The maximum absolute atomic E-state index is 5.60. The molecule has 0 aliphatic carbocycles. The van der Waals surface area contributed by atoms with Gasteiger partial charge in [0.2, 0.25) is 0 Å². The smallest absolute Gasteiger partial charge is 0.177 e. The number of aryl methyl sites for hydroxylation is 1. The Bertz CT molecular complexity index is 688. The Morgan fingerprint density at radius 1 is 1.23 bits per heavy atom. The molecular weight excluding hydrogens is 360 g/mol. The molecular formula is C17H17BrN2OS. The molecule has 114 valence electrons. The van der Waals surface area contributed by atoms with Crippen LogP contribution in [0.2, 0.25) is 0 Å². The lowest BCUT2D eigenvalue weighted by molar-refractivity contribution is 0.414. The first kappa shape index (κ1) is 15.3. The van der Waals surface area contributed by atoms with Crippen LogP contribution < -0.4 is 15.0 Å². The molecule has 1 heterocycles. The second-order valence-corrected chi connectivity index (χ2v) is 6.49. The number of rotatable bonds is 2. The maximum Gasteiger partial charge on any atom is 0.177 e. The number of nitrogens with zero attached hydrogens (tertiary/aromatic N) is 1. The van der Waals surface area contributed by atoms with Crippen molar-refractivity contribution in [1.82, 2.24) is 0 Å². The second kappa shape index (κ2) is 6.67. The molecule has 0 spiro atoms. The summed E-state index contributed by atoms with van der Waals surface area (Å²) >= 11 is 9.04.